The summed E-state index contributed by atoms with van der Waals surface area (Å²) >= 11 is 1.79. The summed E-state index contributed by atoms with van der Waals surface area (Å²) in [7, 11) is 1.68. The van der Waals surface area contributed by atoms with E-state index in [0.717, 1.165) is 22.7 Å². The van der Waals surface area contributed by atoms with Gasteiger partial charge in [-0.2, -0.15) is 0 Å². The van der Waals surface area contributed by atoms with E-state index in [1.165, 1.54) is 15.4 Å². The van der Waals surface area contributed by atoms with Crippen LogP contribution in [-0.2, 0) is 0 Å². The van der Waals surface area contributed by atoms with Gasteiger partial charge in [-0.3, -0.25) is 4.99 Å². The minimum atomic E-state index is 0.860. The summed E-state index contributed by atoms with van der Waals surface area (Å²) in [6, 6.07) is 16.5. The van der Waals surface area contributed by atoms with Gasteiger partial charge < -0.3 is 4.74 Å². The van der Waals surface area contributed by atoms with Crippen LogP contribution in [0.5, 0.6) is 5.75 Å². The largest absolute Gasteiger partial charge is 0.497 e. The SMILES string of the molecule is COc1ccc(C2=NC(C)=C(C)Sc3ccccc32)cc1. The van der Waals surface area contributed by atoms with E-state index in [0.29, 0.717) is 0 Å². The molecule has 1 aliphatic heterocycles. The van der Waals surface area contributed by atoms with E-state index in [-0.39, 0.29) is 0 Å². The number of hydrogen-bond acceptors (Lipinski definition) is 3. The van der Waals surface area contributed by atoms with Gasteiger partial charge in [-0.25, -0.2) is 0 Å². The van der Waals surface area contributed by atoms with Crippen molar-refractivity contribution >= 4 is 17.5 Å². The fraction of sp³-hybridized carbons (Fsp3) is 0.167. The number of methoxy groups -OCH3 is 1. The molecule has 2 aromatic rings. The number of rotatable bonds is 2. The minimum Gasteiger partial charge on any atom is -0.497 e. The molecule has 3 rings (SSSR count). The van der Waals surface area contributed by atoms with Crippen molar-refractivity contribution in [2.75, 3.05) is 7.11 Å². The maximum Gasteiger partial charge on any atom is 0.118 e. The molecule has 3 heteroatoms. The van der Waals surface area contributed by atoms with Gasteiger partial charge in [0.15, 0.2) is 0 Å². The van der Waals surface area contributed by atoms with E-state index in [4.69, 9.17) is 9.73 Å². The first-order valence-electron chi connectivity index (χ1n) is 6.87. The van der Waals surface area contributed by atoms with Crippen LogP contribution < -0.4 is 4.74 Å². The molecule has 21 heavy (non-hydrogen) atoms. The Labute approximate surface area is 129 Å². The molecule has 0 fully saturated rings. The molecule has 0 unspecified atom stereocenters. The van der Waals surface area contributed by atoms with Gasteiger partial charge in [0.25, 0.3) is 0 Å². The van der Waals surface area contributed by atoms with Crippen LogP contribution in [-0.4, -0.2) is 12.8 Å². The highest BCUT2D eigenvalue weighted by atomic mass is 32.2. The first kappa shape index (κ1) is 14.0. The fourth-order valence-electron chi connectivity index (χ4n) is 2.27. The zero-order valence-corrected chi connectivity index (χ0v) is 13.2. The van der Waals surface area contributed by atoms with Crippen molar-refractivity contribution in [3.8, 4) is 5.75 Å². The van der Waals surface area contributed by atoms with Crippen LogP contribution >= 0.6 is 11.8 Å². The Morgan fingerprint density at radius 1 is 0.952 bits per heavy atom. The Morgan fingerprint density at radius 3 is 2.38 bits per heavy atom. The molecule has 2 nitrogen and oxygen atoms in total. The third kappa shape index (κ3) is 2.74. The van der Waals surface area contributed by atoms with Crippen molar-refractivity contribution in [2.24, 2.45) is 4.99 Å². The van der Waals surface area contributed by atoms with Crippen LogP contribution in [0.15, 0.2) is 69.0 Å². The maximum atomic E-state index is 5.24. The Morgan fingerprint density at radius 2 is 1.67 bits per heavy atom. The van der Waals surface area contributed by atoms with Crippen LogP contribution in [0.3, 0.4) is 0 Å². The van der Waals surface area contributed by atoms with Crippen molar-refractivity contribution in [3.63, 3.8) is 0 Å². The molecule has 1 aliphatic rings. The molecule has 0 bridgehead atoms. The Kier molecular flexibility index (Phi) is 3.84. The van der Waals surface area contributed by atoms with E-state index in [9.17, 15) is 0 Å². The summed E-state index contributed by atoms with van der Waals surface area (Å²) in [6.07, 6.45) is 0. The number of aliphatic imine (C=N–C) groups is 1. The number of allylic oxidation sites excluding steroid dienone is 2. The van der Waals surface area contributed by atoms with Gasteiger partial charge >= 0.3 is 0 Å². The third-order valence-electron chi connectivity index (χ3n) is 3.56. The summed E-state index contributed by atoms with van der Waals surface area (Å²) in [5, 5.41) is 0. The topological polar surface area (TPSA) is 21.6 Å². The normalized spacial score (nSPS) is 14.3. The monoisotopic (exact) mass is 295 g/mol. The van der Waals surface area contributed by atoms with Crippen molar-refractivity contribution in [1.29, 1.82) is 0 Å². The van der Waals surface area contributed by atoms with Gasteiger partial charge in [-0.05, 0) is 44.2 Å². The molecule has 2 aromatic carbocycles. The first-order chi connectivity index (χ1) is 10.2. The molecule has 1 heterocycles. The van der Waals surface area contributed by atoms with Crippen molar-refractivity contribution < 1.29 is 4.74 Å². The number of ether oxygens (including phenoxy) is 1. The molecule has 0 N–H and O–H groups in total. The lowest BCUT2D eigenvalue weighted by Gasteiger charge is -2.10. The molecular weight excluding hydrogens is 278 g/mol. The number of hydrogen-bond donors (Lipinski definition) is 0. The standard InChI is InChI=1S/C18H17NOS/c1-12-13(2)21-17-7-5-4-6-16(17)18(19-12)14-8-10-15(20-3)11-9-14/h4-11H,1-3H3. The molecular formula is C18H17NOS. The number of nitrogens with zero attached hydrogens (tertiary/aromatic N) is 1. The van der Waals surface area contributed by atoms with Gasteiger partial charge in [-0.15, -0.1) is 0 Å². The molecule has 0 spiro atoms. The van der Waals surface area contributed by atoms with Gasteiger partial charge in [0.05, 0.1) is 12.8 Å². The predicted molar refractivity (Wildman–Crippen MR) is 89.3 cm³/mol. The van der Waals surface area contributed by atoms with Crippen LogP contribution in [0.2, 0.25) is 0 Å². The number of benzene rings is 2. The average Bonchev–Trinajstić information content (AvgIpc) is 2.65. The molecule has 0 aromatic heterocycles. The van der Waals surface area contributed by atoms with Crippen LogP contribution in [0.4, 0.5) is 0 Å². The van der Waals surface area contributed by atoms with Gasteiger partial charge in [-0.1, -0.05) is 30.0 Å². The second-order valence-electron chi connectivity index (χ2n) is 4.93. The van der Waals surface area contributed by atoms with Crippen molar-refractivity contribution in [3.05, 3.63) is 70.3 Å². The highest BCUT2D eigenvalue weighted by Gasteiger charge is 2.16. The number of thioether (sulfide) groups is 1. The van der Waals surface area contributed by atoms with Crippen molar-refractivity contribution in [1.82, 2.24) is 0 Å². The second kappa shape index (κ2) is 5.78. The summed E-state index contributed by atoms with van der Waals surface area (Å²) in [5.74, 6) is 0.860. The lowest BCUT2D eigenvalue weighted by atomic mass is 10.0. The lowest BCUT2D eigenvalue weighted by Crippen LogP contribution is -2.04. The molecule has 0 amide bonds. The lowest BCUT2D eigenvalue weighted by molar-refractivity contribution is 0.415. The van der Waals surface area contributed by atoms with E-state index in [1.54, 1.807) is 18.9 Å². The Bertz CT molecular complexity index is 729. The molecule has 0 radical (unpaired) electrons. The summed E-state index contributed by atoms with van der Waals surface area (Å²) in [4.78, 5) is 7.35. The molecule has 0 saturated carbocycles. The predicted octanol–water partition coefficient (Wildman–Crippen LogP) is 4.89. The van der Waals surface area contributed by atoms with E-state index >= 15 is 0 Å². The van der Waals surface area contributed by atoms with Gasteiger partial charge in [0.2, 0.25) is 0 Å². The van der Waals surface area contributed by atoms with Gasteiger partial charge in [0, 0.05) is 26.6 Å². The summed E-state index contributed by atoms with van der Waals surface area (Å²) in [5.41, 5.74) is 4.39. The summed E-state index contributed by atoms with van der Waals surface area (Å²) in [6.45, 7) is 4.19. The average molecular weight is 295 g/mol. The van der Waals surface area contributed by atoms with E-state index in [2.05, 4.69) is 50.2 Å². The third-order valence-corrected chi connectivity index (χ3v) is 4.74. The highest BCUT2D eigenvalue weighted by molar-refractivity contribution is 8.03. The quantitative estimate of drug-likeness (QED) is 0.786. The van der Waals surface area contributed by atoms with Crippen molar-refractivity contribution in [2.45, 2.75) is 18.7 Å². The first-order valence-corrected chi connectivity index (χ1v) is 7.68. The second-order valence-corrected chi connectivity index (χ2v) is 6.19. The Hall–Kier alpha value is -2.00. The fourth-order valence-corrected chi connectivity index (χ4v) is 3.21. The van der Waals surface area contributed by atoms with E-state index < -0.39 is 0 Å². The Balaban J connectivity index is 2.16. The molecule has 0 aliphatic carbocycles. The smallest absolute Gasteiger partial charge is 0.118 e. The highest BCUT2D eigenvalue weighted by Crippen LogP contribution is 2.36. The summed E-state index contributed by atoms with van der Waals surface area (Å²) < 4.78 is 5.24. The van der Waals surface area contributed by atoms with Gasteiger partial charge in [0.1, 0.15) is 5.75 Å². The molecule has 0 atom stereocenters. The number of fused-ring (bicyclic) bond motifs is 1. The van der Waals surface area contributed by atoms with Crippen LogP contribution in [0, 0.1) is 0 Å². The minimum absolute atomic E-state index is 0.860. The van der Waals surface area contributed by atoms with E-state index in [1.807, 2.05) is 12.1 Å². The van der Waals surface area contributed by atoms with Crippen LogP contribution in [0.25, 0.3) is 0 Å². The van der Waals surface area contributed by atoms with Crippen LogP contribution in [0.1, 0.15) is 25.0 Å². The molecule has 0 saturated heterocycles. The molecule has 106 valence electrons. The maximum absolute atomic E-state index is 5.24. The zero-order valence-electron chi connectivity index (χ0n) is 12.4. The zero-order chi connectivity index (χ0) is 14.8.